The van der Waals surface area contributed by atoms with Crippen LogP contribution in [0, 0.1) is 13.8 Å². The molecule has 3 aromatic rings. The van der Waals surface area contributed by atoms with Gasteiger partial charge in [-0.15, -0.1) is 0 Å². The molecule has 7 nitrogen and oxygen atoms in total. The van der Waals surface area contributed by atoms with Gasteiger partial charge in [-0.1, -0.05) is 6.07 Å². The zero-order chi connectivity index (χ0) is 24.3. The van der Waals surface area contributed by atoms with Gasteiger partial charge in [-0.2, -0.15) is 23.4 Å². The first kappa shape index (κ1) is 23.6. The molecule has 34 heavy (non-hydrogen) atoms. The van der Waals surface area contributed by atoms with Crippen molar-refractivity contribution < 1.29 is 27.1 Å². The SMILES string of the molecule is Cc1cc(C)cc(OCc2ccc(C=NNC(=O)CCn3nc(C(F)(F)F)cc3C3CC3)o2)c1. The Morgan fingerprint density at radius 3 is 2.65 bits per heavy atom. The Balaban J connectivity index is 1.25. The average Bonchev–Trinajstić information content (AvgIpc) is 3.33. The Labute approximate surface area is 194 Å². The summed E-state index contributed by atoms with van der Waals surface area (Å²) in [6.45, 7) is 4.28. The number of hydrogen-bond donors (Lipinski definition) is 1. The predicted octanol–water partition coefficient (Wildman–Crippen LogP) is 5.11. The number of carbonyl (C=O) groups is 1. The maximum atomic E-state index is 13.0. The number of benzene rings is 1. The molecule has 180 valence electrons. The lowest BCUT2D eigenvalue weighted by Crippen LogP contribution is -2.20. The standard InChI is InChI=1S/C24H25F3N4O3/c1-15-9-16(2)11-20(10-15)33-14-19-6-5-18(34-19)13-28-29-23(32)7-8-31-21(17-3-4-17)12-22(30-31)24(25,26)27/h5-6,9-13,17H,3-4,7-8,14H2,1-2H3,(H,29,32). The molecule has 10 heteroatoms. The van der Waals surface area contributed by atoms with Gasteiger partial charge in [0.15, 0.2) is 5.69 Å². The van der Waals surface area contributed by atoms with Crippen LogP contribution in [0.1, 0.15) is 59.2 Å². The number of hydrogen-bond acceptors (Lipinski definition) is 5. The third-order valence-electron chi connectivity index (χ3n) is 5.29. The highest BCUT2D eigenvalue weighted by Crippen LogP contribution is 2.42. The Bertz CT molecular complexity index is 1170. The van der Waals surface area contributed by atoms with Crippen LogP contribution in [0.5, 0.6) is 5.75 Å². The van der Waals surface area contributed by atoms with Crippen molar-refractivity contribution in [2.75, 3.05) is 0 Å². The molecule has 1 saturated carbocycles. The molecular formula is C24H25F3N4O3. The first-order chi connectivity index (χ1) is 16.2. The molecule has 0 aliphatic heterocycles. The first-order valence-corrected chi connectivity index (χ1v) is 10.9. The molecule has 1 aliphatic carbocycles. The molecule has 1 fully saturated rings. The van der Waals surface area contributed by atoms with Crippen molar-refractivity contribution >= 4 is 12.1 Å². The minimum atomic E-state index is -4.51. The number of nitrogens with zero attached hydrogens (tertiary/aromatic N) is 3. The summed E-state index contributed by atoms with van der Waals surface area (Å²) in [5, 5.41) is 7.49. The van der Waals surface area contributed by atoms with E-state index in [2.05, 4.69) is 21.7 Å². The lowest BCUT2D eigenvalue weighted by Gasteiger charge is -2.06. The summed E-state index contributed by atoms with van der Waals surface area (Å²) in [7, 11) is 0. The minimum absolute atomic E-state index is 0.0456. The van der Waals surface area contributed by atoms with Crippen LogP contribution in [0.3, 0.4) is 0 Å². The van der Waals surface area contributed by atoms with Crippen LogP contribution in [0.25, 0.3) is 0 Å². The van der Waals surface area contributed by atoms with Gasteiger partial charge in [-0.3, -0.25) is 9.48 Å². The first-order valence-electron chi connectivity index (χ1n) is 10.9. The van der Waals surface area contributed by atoms with Gasteiger partial charge in [0.2, 0.25) is 5.91 Å². The van der Waals surface area contributed by atoms with Crippen LogP contribution in [-0.4, -0.2) is 21.9 Å². The molecule has 2 heterocycles. The van der Waals surface area contributed by atoms with E-state index in [1.54, 1.807) is 12.1 Å². The summed E-state index contributed by atoms with van der Waals surface area (Å²) in [4.78, 5) is 12.1. The van der Waals surface area contributed by atoms with E-state index in [-0.39, 0.29) is 25.5 Å². The number of aromatic nitrogens is 2. The number of furan rings is 1. The van der Waals surface area contributed by atoms with Gasteiger partial charge in [-0.25, -0.2) is 5.43 Å². The van der Waals surface area contributed by atoms with Crippen molar-refractivity contribution in [2.45, 2.75) is 58.4 Å². The fraction of sp³-hybridized carbons (Fsp3) is 0.375. The van der Waals surface area contributed by atoms with Gasteiger partial charge in [0, 0.05) is 18.0 Å². The molecule has 1 aliphatic rings. The van der Waals surface area contributed by atoms with Gasteiger partial charge in [0.1, 0.15) is 23.9 Å². The summed E-state index contributed by atoms with van der Waals surface area (Å²) >= 11 is 0. The monoisotopic (exact) mass is 474 g/mol. The summed E-state index contributed by atoms with van der Waals surface area (Å²) < 4.78 is 51.5. The Hall–Kier alpha value is -3.56. The molecule has 1 aromatic carbocycles. The van der Waals surface area contributed by atoms with E-state index in [9.17, 15) is 18.0 Å². The Morgan fingerprint density at radius 1 is 1.24 bits per heavy atom. The second-order valence-corrected chi connectivity index (χ2v) is 8.41. The lowest BCUT2D eigenvalue weighted by molar-refractivity contribution is -0.141. The molecule has 2 aromatic heterocycles. The molecule has 0 unspecified atom stereocenters. The van der Waals surface area contributed by atoms with E-state index in [0.29, 0.717) is 17.2 Å². The van der Waals surface area contributed by atoms with Crippen LogP contribution in [-0.2, 0) is 24.1 Å². The van der Waals surface area contributed by atoms with Crippen LogP contribution in [0.15, 0.2) is 45.9 Å². The lowest BCUT2D eigenvalue weighted by atomic mass is 10.1. The highest BCUT2D eigenvalue weighted by atomic mass is 19.4. The van der Waals surface area contributed by atoms with Crippen molar-refractivity contribution in [2.24, 2.45) is 5.10 Å². The fourth-order valence-electron chi connectivity index (χ4n) is 3.60. The third-order valence-corrected chi connectivity index (χ3v) is 5.29. The number of carbonyl (C=O) groups excluding carboxylic acids is 1. The number of alkyl halides is 3. The zero-order valence-electron chi connectivity index (χ0n) is 18.9. The number of nitrogens with one attached hydrogen (secondary N) is 1. The third kappa shape index (κ3) is 6.27. The van der Waals surface area contributed by atoms with Crippen LogP contribution in [0.4, 0.5) is 13.2 Å². The summed E-state index contributed by atoms with van der Waals surface area (Å²) in [5.41, 5.74) is 4.17. The van der Waals surface area contributed by atoms with Crippen LogP contribution in [0.2, 0.25) is 0 Å². The van der Waals surface area contributed by atoms with Crippen molar-refractivity contribution in [3.63, 3.8) is 0 Å². The normalized spacial score (nSPS) is 14.0. The van der Waals surface area contributed by atoms with E-state index < -0.39 is 17.8 Å². The highest BCUT2D eigenvalue weighted by molar-refractivity contribution is 5.80. The highest BCUT2D eigenvalue weighted by Gasteiger charge is 2.37. The second kappa shape index (κ2) is 9.74. The molecule has 0 bridgehead atoms. The smallest absolute Gasteiger partial charge is 0.435 e. The van der Waals surface area contributed by atoms with E-state index in [1.807, 2.05) is 26.0 Å². The number of hydrazone groups is 1. The Kier molecular flexibility index (Phi) is 6.76. The average molecular weight is 474 g/mol. The van der Waals surface area contributed by atoms with E-state index in [4.69, 9.17) is 9.15 Å². The van der Waals surface area contributed by atoms with Gasteiger partial charge in [0.25, 0.3) is 0 Å². The number of aryl methyl sites for hydroxylation is 3. The summed E-state index contributed by atoms with van der Waals surface area (Å²) in [5.74, 6) is 1.42. The summed E-state index contributed by atoms with van der Waals surface area (Å²) in [6.07, 6.45) is -1.54. The van der Waals surface area contributed by atoms with E-state index in [0.717, 1.165) is 35.8 Å². The fourth-order valence-corrected chi connectivity index (χ4v) is 3.60. The molecule has 1 amide bonds. The molecule has 4 rings (SSSR count). The Morgan fingerprint density at radius 2 is 1.97 bits per heavy atom. The molecule has 0 atom stereocenters. The maximum Gasteiger partial charge on any atom is 0.435 e. The molecular weight excluding hydrogens is 449 g/mol. The second-order valence-electron chi connectivity index (χ2n) is 8.41. The number of halogens is 3. The van der Waals surface area contributed by atoms with Gasteiger partial charge >= 0.3 is 6.18 Å². The van der Waals surface area contributed by atoms with E-state index >= 15 is 0 Å². The van der Waals surface area contributed by atoms with Gasteiger partial charge in [0.05, 0.1) is 12.8 Å². The van der Waals surface area contributed by atoms with Crippen LogP contribution >= 0.6 is 0 Å². The van der Waals surface area contributed by atoms with Crippen molar-refractivity contribution in [3.05, 3.63) is 70.4 Å². The van der Waals surface area contributed by atoms with E-state index in [1.165, 1.54) is 10.9 Å². The quantitative estimate of drug-likeness (QED) is 0.345. The topological polar surface area (TPSA) is 81.6 Å². The number of amides is 1. The maximum absolute atomic E-state index is 13.0. The zero-order valence-corrected chi connectivity index (χ0v) is 18.9. The predicted molar refractivity (Wildman–Crippen MR) is 119 cm³/mol. The molecule has 0 spiro atoms. The number of rotatable bonds is 9. The van der Waals surface area contributed by atoms with Crippen molar-refractivity contribution in [1.29, 1.82) is 0 Å². The van der Waals surface area contributed by atoms with Gasteiger partial charge in [-0.05, 0) is 68.1 Å². The van der Waals surface area contributed by atoms with Gasteiger partial charge < -0.3 is 9.15 Å². The molecule has 1 N–H and O–H groups in total. The van der Waals surface area contributed by atoms with Crippen molar-refractivity contribution in [1.82, 2.24) is 15.2 Å². The largest absolute Gasteiger partial charge is 0.486 e. The molecule has 0 saturated heterocycles. The number of ether oxygens (including phenoxy) is 1. The minimum Gasteiger partial charge on any atom is -0.486 e. The molecule has 0 radical (unpaired) electrons. The van der Waals surface area contributed by atoms with Crippen molar-refractivity contribution in [3.8, 4) is 5.75 Å². The summed E-state index contributed by atoms with van der Waals surface area (Å²) in [6, 6.07) is 10.5. The van der Waals surface area contributed by atoms with Crippen LogP contribution < -0.4 is 10.2 Å².